The summed E-state index contributed by atoms with van der Waals surface area (Å²) in [4.78, 5) is 26.2. The highest BCUT2D eigenvalue weighted by Crippen LogP contribution is 2.23. The first-order valence-corrected chi connectivity index (χ1v) is 8.67. The van der Waals surface area contributed by atoms with Gasteiger partial charge in [-0.25, -0.2) is 0 Å². The summed E-state index contributed by atoms with van der Waals surface area (Å²) in [5.74, 6) is 0.110. The van der Waals surface area contributed by atoms with Gasteiger partial charge in [-0.15, -0.1) is 11.3 Å². The van der Waals surface area contributed by atoms with Crippen LogP contribution >= 0.6 is 27.3 Å². The van der Waals surface area contributed by atoms with Crippen LogP contribution in [0.15, 0.2) is 40.2 Å². The number of nitrogens with one attached hydrogen (secondary N) is 1. The molecule has 0 bridgehead atoms. The van der Waals surface area contributed by atoms with Crippen LogP contribution in [0.25, 0.3) is 0 Å². The molecular weight excluding hydrogens is 364 g/mol. The van der Waals surface area contributed by atoms with Crippen LogP contribution in [-0.2, 0) is 11.3 Å². The van der Waals surface area contributed by atoms with Crippen LogP contribution in [0.1, 0.15) is 28.1 Å². The number of thiophene rings is 1. The van der Waals surface area contributed by atoms with Crippen molar-refractivity contribution in [1.82, 2.24) is 5.32 Å². The van der Waals surface area contributed by atoms with Gasteiger partial charge >= 0.3 is 0 Å². The number of nitrogens with zero attached hydrogens (tertiary/aromatic N) is 1. The molecule has 0 radical (unpaired) electrons. The lowest BCUT2D eigenvalue weighted by atomic mass is 10.2. The van der Waals surface area contributed by atoms with Gasteiger partial charge < -0.3 is 10.2 Å². The molecule has 2 amide bonds. The van der Waals surface area contributed by atoms with Gasteiger partial charge in [0.15, 0.2) is 0 Å². The second kappa shape index (κ2) is 6.62. The maximum absolute atomic E-state index is 12.0. The Labute approximate surface area is 141 Å². The van der Waals surface area contributed by atoms with E-state index in [-0.39, 0.29) is 11.8 Å². The Morgan fingerprint density at radius 3 is 2.59 bits per heavy atom. The molecule has 6 heteroatoms. The molecule has 1 aromatic heterocycles. The van der Waals surface area contributed by atoms with Crippen LogP contribution in [0.3, 0.4) is 0 Å². The van der Waals surface area contributed by atoms with Crippen LogP contribution in [0.4, 0.5) is 5.69 Å². The van der Waals surface area contributed by atoms with Crippen molar-refractivity contribution in [3.8, 4) is 0 Å². The van der Waals surface area contributed by atoms with E-state index in [1.54, 1.807) is 6.07 Å². The summed E-state index contributed by atoms with van der Waals surface area (Å²) in [6.45, 7) is 1.27. The van der Waals surface area contributed by atoms with Crippen molar-refractivity contribution < 1.29 is 9.59 Å². The average molecular weight is 379 g/mol. The molecule has 1 aliphatic rings. The SMILES string of the molecule is O=C(NCc1ccc(N2CCCC2=O)cc1)c1ccc(Br)s1. The van der Waals surface area contributed by atoms with E-state index in [2.05, 4.69) is 21.2 Å². The van der Waals surface area contributed by atoms with Crippen LogP contribution in [0.2, 0.25) is 0 Å². The molecular formula is C16H15BrN2O2S. The van der Waals surface area contributed by atoms with E-state index in [0.29, 0.717) is 17.8 Å². The second-order valence-electron chi connectivity index (χ2n) is 5.10. The molecule has 0 atom stereocenters. The fraction of sp³-hybridized carbons (Fsp3) is 0.250. The van der Waals surface area contributed by atoms with Crippen molar-refractivity contribution in [2.24, 2.45) is 0 Å². The summed E-state index contributed by atoms with van der Waals surface area (Å²) >= 11 is 4.76. The molecule has 0 spiro atoms. The first kappa shape index (κ1) is 15.2. The van der Waals surface area contributed by atoms with Crippen molar-refractivity contribution in [3.63, 3.8) is 0 Å². The zero-order chi connectivity index (χ0) is 15.5. The molecule has 4 nitrogen and oxygen atoms in total. The monoisotopic (exact) mass is 378 g/mol. The smallest absolute Gasteiger partial charge is 0.261 e. The van der Waals surface area contributed by atoms with Crippen molar-refractivity contribution in [1.29, 1.82) is 0 Å². The Morgan fingerprint density at radius 1 is 1.23 bits per heavy atom. The highest BCUT2D eigenvalue weighted by molar-refractivity contribution is 9.11. The molecule has 22 heavy (non-hydrogen) atoms. The van der Waals surface area contributed by atoms with Gasteiger partial charge in [-0.1, -0.05) is 12.1 Å². The number of benzene rings is 1. The fourth-order valence-corrected chi connectivity index (χ4v) is 3.72. The van der Waals surface area contributed by atoms with E-state index in [1.165, 1.54) is 11.3 Å². The quantitative estimate of drug-likeness (QED) is 0.883. The molecule has 1 aromatic carbocycles. The number of anilines is 1. The maximum Gasteiger partial charge on any atom is 0.261 e. The lowest BCUT2D eigenvalue weighted by Crippen LogP contribution is -2.24. The molecule has 1 fully saturated rings. The van der Waals surface area contributed by atoms with E-state index in [9.17, 15) is 9.59 Å². The van der Waals surface area contributed by atoms with Crippen LogP contribution in [0.5, 0.6) is 0 Å². The van der Waals surface area contributed by atoms with Gasteiger partial charge in [-0.3, -0.25) is 9.59 Å². The van der Waals surface area contributed by atoms with Crippen LogP contribution < -0.4 is 10.2 Å². The molecule has 0 saturated carbocycles. The maximum atomic E-state index is 12.0. The Balaban J connectivity index is 1.59. The molecule has 2 aromatic rings. The van der Waals surface area contributed by atoms with Crippen molar-refractivity contribution in [3.05, 3.63) is 50.6 Å². The normalized spacial score (nSPS) is 14.4. The Morgan fingerprint density at radius 2 is 2.00 bits per heavy atom. The summed E-state index contributed by atoms with van der Waals surface area (Å²) in [7, 11) is 0. The minimum Gasteiger partial charge on any atom is -0.347 e. The van der Waals surface area contributed by atoms with Crippen LogP contribution in [-0.4, -0.2) is 18.4 Å². The summed E-state index contributed by atoms with van der Waals surface area (Å²) in [5, 5.41) is 2.90. The molecule has 0 aliphatic carbocycles. The van der Waals surface area contributed by atoms with E-state index in [0.717, 1.165) is 28.0 Å². The number of rotatable bonds is 4. The lowest BCUT2D eigenvalue weighted by Gasteiger charge is -2.16. The lowest BCUT2D eigenvalue weighted by molar-refractivity contribution is -0.117. The van der Waals surface area contributed by atoms with E-state index >= 15 is 0 Å². The number of amides is 2. The first-order chi connectivity index (χ1) is 10.6. The summed E-state index contributed by atoms with van der Waals surface area (Å²) in [6, 6.07) is 11.4. The fourth-order valence-electron chi connectivity index (χ4n) is 2.42. The predicted octanol–water partition coefficient (Wildman–Crippen LogP) is 3.57. The summed E-state index contributed by atoms with van der Waals surface area (Å²) in [5.41, 5.74) is 1.94. The second-order valence-corrected chi connectivity index (χ2v) is 7.56. The van der Waals surface area contributed by atoms with Gasteiger partial charge in [-0.05, 0) is 52.2 Å². The van der Waals surface area contributed by atoms with E-state index in [4.69, 9.17) is 0 Å². The third-order valence-electron chi connectivity index (χ3n) is 3.57. The first-order valence-electron chi connectivity index (χ1n) is 7.06. The van der Waals surface area contributed by atoms with E-state index < -0.39 is 0 Å². The third-order valence-corrected chi connectivity index (χ3v) is 5.19. The molecule has 0 unspecified atom stereocenters. The highest BCUT2D eigenvalue weighted by atomic mass is 79.9. The van der Waals surface area contributed by atoms with Gasteiger partial charge in [0, 0.05) is 25.2 Å². The van der Waals surface area contributed by atoms with Gasteiger partial charge in [0.05, 0.1) is 8.66 Å². The van der Waals surface area contributed by atoms with Crippen molar-refractivity contribution >= 4 is 44.8 Å². The third kappa shape index (κ3) is 3.39. The zero-order valence-corrected chi connectivity index (χ0v) is 14.2. The number of halogens is 1. The highest BCUT2D eigenvalue weighted by Gasteiger charge is 2.21. The van der Waals surface area contributed by atoms with Gasteiger partial charge in [0.25, 0.3) is 5.91 Å². The predicted molar refractivity (Wildman–Crippen MR) is 91.2 cm³/mol. The molecule has 3 rings (SSSR count). The Hall–Kier alpha value is -1.66. The number of hydrogen-bond donors (Lipinski definition) is 1. The van der Waals surface area contributed by atoms with Gasteiger partial charge in [-0.2, -0.15) is 0 Å². The molecule has 1 aliphatic heterocycles. The topological polar surface area (TPSA) is 49.4 Å². The largest absolute Gasteiger partial charge is 0.347 e. The minimum atomic E-state index is -0.0745. The average Bonchev–Trinajstić information content (AvgIpc) is 3.14. The summed E-state index contributed by atoms with van der Waals surface area (Å²) < 4.78 is 0.942. The molecule has 114 valence electrons. The number of carbonyl (C=O) groups is 2. The number of hydrogen-bond acceptors (Lipinski definition) is 3. The van der Waals surface area contributed by atoms with Crippen molar-refractivity contribution in [2.75, 3.05) is 11.4 Å². The van der Waals surface area contributed by atoms with Gasteiger partial charge in [0.2, 0.25) is 5.91 Å². The standard InChI is InChI=1S/C16H15BrN2O2S/c17-14-8-7-13(22-14)16(21)18-10-11-3-5-12(6-4-11)19-9-1-2-15(19)20/h3-8H,1-2,9-10H2,(H,18,21). The Bertz CT molecular complexity index is 696. The minimum absolute atomic E-state index is 0.0745. The van der Waals surface area contributed by atoms with Gasteiger partial charge in [0.1, 0.15) is 0 Å². The zero-order valence-electron chi connectivity index (χ0n) is 11.8. The summed E-state index contributed by atoms with van der Waals surface area (Å²) in [6.07, 6.45) is 1.56. The molecule has 1 N–H and O–H groups in total. The van der Waals surface area contributed by atoms with E-state index in [1.807, 2.05) is 35.2 Å². The molecule has 1 saturated heterocycles. The molecule has 2 heterocycles. The van der Waals surface area contributed by atoms with Crippen molar-refractivity contribution in [2.45, 2.75) is 19.4 Å². The van der Waals surface area contributed by atoms with Crippen LogP contribution in [0, 0.1) is 0 Å². The Kier molecular flexibility index (Phi) is 4.59. The number of carbonyl (C=O) groups excluding carboxylic acids is 2.